The predicted octanol–water partition coefficient (Wildman–Crippen LogP) is 0.724. The van der Waals surface area contributed by atoms with E-state index in [0.29, 0.717) is 32.7 Å². The highest BCUT2D eigenvalue weighted by molar-refractivity contribution is 5.79. The summed E-state index contributed by atoms with van der Waals surface area (Å²) in [5, 5.41) is 0. The van der Waals surface area contributed by atoms with Gasteiger partial charge in [0.25, 0.3) is 0 Å². The molecule has 1 atom stereocenters. The molecule has 0 radical (unpaired) electrons. The number of ether oxygens (including phenoxy) is 1. The first kappa shape index (κ1) is 13.1. The van der Waals surface area contributed by atoms with Gasteiger partial charge >= 0.3 is 0 Å². The third-order valence-electron chi connectivity index (χ3n) is 3.30. The molecule has 0 saturated carbocycles. The number of amides is 1. The van der Waals surface area contributed by atoms with E-state index in [1.165, 1.54) is 5.56 Å². The molecular formula is C14H20N2O2. The Labute approximate surface area is 108 Å². The summed E-state index contributed by atoms with van der Waals surface area (Å²) < 4.78 is 5.35. The lowest BCUT2D eigenvalue weighted by atomic mass is 10.1. The molecule has 1 aliphatic rings. The van der Waals surface area contributed by atoms with Gasteiger partial charge in [0.1, 0.15) is 0 Å². The van der Waals surface area contributed by atoms with Crippen molar-refractivity contribution in [2.45, 2.75) is 19.4 Å². The van der Waals surface area contributed by atoms with Crippen LogP contribution < -0.4 is 5.73 Å². The molecule has 18 heavy (non-hydrogen) atoms. The second-order valence-electron chi connectivity index (χ2n) is 4.71. The number of hydrogen-bond acceptors (Lipinski definition) is 3. The maximum absolute atomic E-state index is 12.2. The van der Waals surface area contributed by atoms with Crippen LogP contribution in [0.5, 0.6) is 0 Å². The molecule has 1 amide bonds. The number of carbonyl (C=O) groups excluding carboxylic acids is 1. The van der Waals surface area contributed by atoms with Crippen molar-refractivity contribution in [2.24, 2.45) is 5.73 Å². The molecule has 1 aromatic carbocycles. The largest absolute Gasteiger partial charge is 0.377 e. The molecule has 2 N–H and O–H groups in total. The number of carbonyl (C=O) groups is 1. The van der Waals surface area contributed by atoms with Gasteiger partial charge in [0.05, 0.1) is 25.7 Å². The van der Waals surface area contributed by atoms with Crippen molar-refractivity contribution in [1.82, 2.24) is 4.90 Å². The lowest BCUT2D eigenvalue weighted by molar-refractivity contribution is -0.138. The molecule has 0 aromatic heterocycles. The molecule has 1 fully saturated rings. The fraction of sp³-hybridized carbons (Fsp3) is 0.500. The van der Waals surface area contributed by atoms with Crippen LogP contribution in [0.15, 0.2) is 24.3 Å². The standard InChI is InChI=1S/C14H20N2O2/c1-11-2-4-12(5-3-11)8-14(17)16-6-7-18-10-13(16)9-15/h2-5,13H,6-10,15H2,1H3. The van der Waals surface area contributed by atoms with E-state index < -0.39 is 0 Å². The Hall–Kier alpha value is -1.39. The molecule has 98 valence electrons. The number of hydrogen-bond donors (Lipinski definition) is 1. The van der Waals surface area contributed by atoms with Gasteiger partial charge in [0.2, 0.25) is 5.91 Å². The summed E-state index contributed by atoms with van der Waals surface area (Å²) in [6.07, 6.45) is 0.441. The van der Waals surface area contributed by atoms with E-state index in [9.17, 15) is 4.79 Å². The number of rotatable bonds is 3. The molecule has 4 nitrogen and oxygen atoms in total. The summed E-state index contributed by atoms with van der Waals surface area (Å²) in [4.78, 5) is 14.1. The number of nitrogens with zero attached hydrogens (tertiary/aromatic N) is 1. The lowest BCUT2D eigenvalue weighted by Gasteiger charge is -2.35. The van der Waals surface area contributed by atoms with Crippen LogP contribution in [-0.4, -0.2) is 43.2 Å². The van der Waals surface area contributed by atoms with Gasteiger partial charge in [0, 0.05) is 13.1 Å². The molecule has 4 heteroatoms. The zero-order valence-electron chi connectivity index (χ0n) is 10.8. The van der Waals surface area contributed by atoms with Crippen molar-refractivity contribution < 1.29 is 9.53 Å². The summed E-state index contributed by atoms with van der Waals surface area (Å²) >= 11 is 0. The van der Waals surface area contributed by atoms with Gasteiger partial charge in [-0.2, -0.15) is 0 Å². The molecule has 0 bridgehead atoms. The highest BCUT2D eigenvalue weighted by atomic mass is 16.5. The van der Waals surface area contributed by atoms with E-state index in [2.05, 4.69) is 0 Å². The number of morpholine rings is 1. The second kappa shape index (κ2) is 5.98. The fourth-order valence-corrected chi connectivity index (χ4v) is 2.16. The minimum atomic E-state index is 0.0247. The maximum atomic E-state index is 12.2. The smallest absolute Gasteiger partial charge is 0.227 e. The molecular weight excluding hydrogens is 228 g/mol. The van der Waals surface area contributed by atoms with E-state index in [-0.39, 0.29) is 11.9 Å². The zero-order valence-corrected chi connectivity index (χ0v) is 10.8. The van der Waals surface area contributed by atoms with Crippen LogP contribution in [0.25, 0.3) is 0 Å². The molecule has 1 aliphatic heterocycles. The molecule has 1 unspecified atom stereocenters. The first-order valence-electron chi connectivity index (χ1n) is 6.33. The van der Waals surface area contributed by atoms with Gasteiger partial charge in [-0.3, -0.25) is 4.79 Å². The summed E-state index contributed by atoms with van der Waals surface area (Å²) in [7, 11) is 0. The number of benzene rings is 1. The minimum Gasteiger partial charge on any atom is -0.377 e. The quantitative estimate of drug-likeness (QED) is 0.857. The van der Waals surface area contributed by atoms with Crippen molar-refractivity contribution in [3.8, 4) is 0 Å². The van der Waals surface area contributed by atoms with Gasteiger partial charge < -0.3 is 15.4 Å². The first-order chi connectivity index (χ1) is 8.70. The SMILES string of the molecule is Cc1ccc(CC(=O)N2CCOCC2CN)cc1. The van der Waals surface area contributed by atoms with Gasteiger partial charge in [-0.25, -0.2) is 0 Å². The Morgan fingerprint density at radius 2 is 2.17 bits per heavy atom. The third kappa shape index (κ3) is 3.09. The zero-order chi connectivity index (χ0) is 13.0. The molecule has 2 rings (SSSR count). The highest BCUT2D eigenvalue weighted by Crippen LogP contribution is 2.10. The average Bonchev–Trinajstić information content (AvgIpc) is 2.41. The fourth-order valence-electron chi connectivity index (χ4n) is 2.16. The van der Waals surface area contributed by atoms with Crippen molar-refractivity contribution in [2.75, 3.05) is 26.3 Å². The summed E-state index contributed by atoms with van der Waals surface area (Å²) in [5.74, 6) is 0.137. The van der Waals surface area contributed by atoms with Crippen LogP contribution in [0.4, 0.5) is 0 Å². The first-order valence-corrected chi connectivity index (χ1v) is 6.33. The highest BCUT2D eigenvalue weighted by Gasteiger charge is 2.25. The van der Waals surface area contributed by atoms with Crippen molar-refractivity contribution in [3.05, 3.63) is 35.4 Å². The van der Waals surface area contributed by atoms with E-state index >= 15 is 0 Å². The third-order valence-corrected chi connectivity index (χ3v) is 3.30. The van der Waals surface area contributed by atoms with Crippen molar-refractivity contribution in [1.29, 1.82) is 0 Å². The molecule has 0 aliphatic carbocycles. The monoisotopic (exact) mass is 248 g/mol. The number of aryl methyl sites for hydroxylation is 1. The van der Waals surface area contributed by atoms with Crippen molar-refractivity contribution in [3.63, 3.8) is 0 Å². The topological polar surface area (TPSA) is 55.6 Å². The average molecular weight is 248 g/mol. The van der Waals surface area contributed by atoms with Gasteiger partial charge in [-0.15, -0.1) is 0 Å². The van der Waals surface area contributed by atoms with Crippen LogP contribution >= 0.6 is 0 Å². The van der Waals surface area contributed by atoms with E-state index in [4.69, 9.17) is 10.5 Å². The summed E-state index contributed by atoms with van der Waals surface area (Å²) in [5.41, 5.74) is 7.93. The van der Waals surface area contributed by atoms with Crippen LogP contribution in [0.1, 0.15) is 11.1 Å². The molecule has 1 saturated heterocycles. The van der Waals surface area contributed by atoms with Gasteiger partial charge in [-0.05, 0) is 12.5 Å². The summed E-state index contributed by atoms with van der Waals surface area (Å²) in [6, 6.07) is 8.10. The van der Waals surface area contributed by atoms with Crippen LogP contribution in [0.2, 0.25) is 0 Å². The number of nitrogens with two attached hydrogens (primary N) is 1. The molecule has 0 spiro atoms. The maximum Gasteiger partial charge on any atom is 0.227 e. The van der Waals surface area contributed by atoms with Crippen LogP contribution in [0.3, 0.4) is 0 Å². The Balaban J connectivity index is 2.00. The lowest BCUT2D eigenvalue weighted by Crippen LogP contribution is -2.52. The normalized spacial score (nSPS) is 19.9. The summed E-state index contributed by atoms with van der Waals surface area (Å²) in [6.45, 7) is 4.30. The van der Waals surface area contributed by atoms with Crippen LogP contribution in [0, 0.1) is 6.92 Å². The van der Waals surface area contributed by atoms with Crippen molar-refractivity contribution >= 4 is 5.91 Å². The molecule has 1 heterocycles. The Bertz CT molecular complexity index is 403. The second-order valence-corrected chi connectivity index (χ2v) is 4.71. The minimum absolute atomic E-state index is 0.0247. The van der Waals surface area contributed by atoms with E-state index in [1.54, 1.807) is 0 Å². The van der Waals surface area contributed by atoms with Gasteiger partial charge in [0.15, 0.2) is 0 Å². The Morgan fingerprint density at radius 1 is 1.44 bits per heavy atom. The Morgan fingerprint density at radius 3 is 2.83 bits per heavy atom. The van der Waals surface area contributed by atoms with E-state index in [0.717, 1.165) is 5.56 Å². The van der Waals surface area contributed by atoms with Gasteiger partial charge in [-0.1, -0.05) is 29.8 Å². The molecule has 1 aromatic rings. The van der Waals surface area contributed by atoms with E-state index in [1.807, 2.05) is 36.1 Å². The Kier molecular flexibility index (Phi) is 4.33. The predicted molar refractivity (Wildman–Crippen MR) is 70.3 cm³/mol. The van der Waals surface area contributed by atoms with Crippen LogP contribution in [-0.2, 0) is 16.0 Å².